The van der Waals surface area contributed by atoms with Crippen LogP contribution in [0.3, 0.4) is 0 Å². The van der Waals surface area contributed by atoms with Gasteiger partial charge in [0, 0.05) is 43.9 Å². The van der Waals surface area contributed by atoms with Crippen molar-refractivity contribution in [3.63, 3.8) is 0 Å². The van der Waals surface area contributed by atoms with Gasteiger partial charge in [0.05, 0.1) is 11.8 Å². The lowest BCUT2D eigenvalue weighted by atomic mass is 9.79. The fourth-order valence-corrected chi connectivity index (χ4v) is 3.71. The Morgan fingerprint density at radius 2 is 1.92 bits per heavy atom. The van der Waals surface area contributed by atoms with Crippen molar-refractivity contribution in [2.75, 3.05) is 26.2 Å². The average molecular weight is 341 g/mol. The zero-order valence-corrected chi connectivity index (χ0v) is 13.8. The highest BCUT2D eigenvalue weighted by atomic mass is 16.3. The first-order valence-corrected chi connectivity index (χ1v) is 8.31. The Balaban J connectivity index is 1.34. The summed E-state index contributed by atoms with van der Waals surface area (Å²) < 4.78 is 6.39. The van der Waals surface area contributed by atoms with Crippen LogP contribution in [-0.4, -0.2) is 52.4 Å². The number of hydrogen-bond acceptors (Lipinski definition) is 4. The second-order valence-electron chi connectivity index (χ2n) is 6.91. The first-order chi connectivity index (χ1) is 12.1. The molecule has 2 aliphatic heterocycles. The van der Waals surface area contributed by atoms with Crippen molar-refractivity contribution in [3.05, 3.63) is 58.9 Å². The summed E-state index contributed by atoms with van der Waals surface area (Å²) in [7, 11) is 0. The molecule has 7 heteroatoms. The lowest BCUT2D eigenvalue weighted by Crippen LogP contribution is -2.60. The molecule has 2 aromatic rings. The number of nitrogens with zero attached hydrogens (tertiary/aromatic N) is 3. The van der Waals surface area contributed by atoms with Crippen LogP contribution in [0.25, 0.3) is 0 Å². The van der Waals surface area contributed by atoms with Gasteiger partial charge in [-0.1, -0.05) is 6.07 Å². The summed E-state index contributed by atoms with van der Waals surface area (Å²) in [5.74, 6) is -0.0789. The van der Waals surface area contributed by atoms with Crippen molar-refractivity contribution in [2.45, 2.75) is 13.0 Å². The van der Waals surface area contributed by atoms with Crippen LogP contribution in [0.5, 0.6) is 0 Å². The van der Waals surface area contributed by atoms with Gasteiger partial charge < -0.3 is 18.8 Å². The van der Waals surface area contributed by atoms with Crippen molar-refractivity contribution in [3.8, 4) is 0 Å². The standard InChI is InChI=1S/C18H19N3O4/c22-15-3-1-2-6-19(15)9-16(23)21-12-18(13-21)5-7-20(11-18)17(24)14-4-8-25-10-14/h1-4,6,8,10H,5,7,9,11-13H2. The van der Waals surface area contributed by atoms with Crippen LogP contribution in [0.2, 0.25) is 0 Å². The number of amides is 2. The molecule has 0 bridgehead atoms. The zero-order chi connectivity index (χ0) is 17.4. The summed E-state index contributed by atoms with van der Waals surface area (Å²) in [5.41, 5.74) is 0.382. The molecule has 4 heterocycles. The molecule has 4 rings (SSSR count). The van der Waals surface area contributed by atoms with Gasteiger partial charge in [-0.25, -0.2) is 0 Å². The molecule has 7 nitrogen and oxygen atoms in total. The number of aromatic nitrogens is 1. The second-order valence-corrected chi connectivity index (χ2v) is 6.91. The normalized spacial score (nSPS) is 18.4. The van der Waals surface area contributed by atoms with Crippen LogP contribution in [-0.2, 0) is 11.3 Å². The Morgan fingerprint density at radius 1 is 1.12 bits per heavy atom. The van der Waals surface area contributed by atoms with Gasteiger partial charge >= 0.3 is 0 Å². The van der Waals surface area contributed by atoms with Crippen LogP contribution >= 0.6 is 0 Å². The quantitative estimate of drug-likeness (QED) is 0.828. The molecule has 130 valence electrons. The Bertz CT molecular complexity index is 849. The maximum absolute atomic E-state index is 12.4. The molecule has 0 aromatic carbocycles. The third kappa shape index (κ3) is 2.86. The SMILES string of the molecule is O=C(Cn1ccccc1=O)N1CC2(CCN(C(=O)c3ccoc3)C2)C1. The van der Waals surface area contributed by atoms with E-state index in [1.54, 1.807) is 29.3 Å². The van der Waals surface area contributed by atoms with Crippen LogP contribution in [0, 0.1) is 5.41 Å². The molecule has 2 aliphatic rings. The summed E-state index contributed by atoms with van der Waals surface area (Å²) in [6.07, 6.45) is 5.47. The fourth-order valence-electron chi connectivity index (χ4n) is 3.71. The highest BCUT2D eigenvalue weighted by Crippen LogP contribution is 2.40. The van der Waals surface area contributed by atoms with E-state index in [0.29, 0.717) is 31.7 Å². The minimum absolute atomic E-state index is 0.00327. The van der Waals surface area contributed by atoms with Gasteiger partial charge in [0.2, 0.25) is 5.91 Å². The highest BCUT2D eigenvalue weighted by Gasteiger charge is 2.50. The first kappa shape index (κ1) is 15.7. The second kappa shape index (κ2) is 5.91. The molecule has 2 fully saturated rings. The minimum atomic E-state index is -0.177. The fraction of sp³-hybridized carbons (Fsp3) is 0.389. The van der Waals surface area contributed by atoms with E-state index in [-0.39, 0.29) is 29.3 Å². The molecule has 0 atom stereocenters. The van der Waals surface area contributed by atoms with E-state index in [4.69, 9.17) is 4.42 Å². The molecular weight excluding hydrogens is 322 g/mol. The van der Waals surface area contributed by atoms with E-state index >= 15 is 0 Å². The van der Waals surface area contributed by atoms with Crippen molar-refractivity contribution in [2.24, 2.45) is 5.41 Å². The third-order valence-corrected chi connectivity index (χ3v) is 5.10. The first-order valence-electron chi connectivity index (χ1n) is 8.31. The molecular formula is C18H19N3O4. The van der Waals surface area contributed by atoms with Gasteiger partial charge in [0.25, 0.3) is 11.5 Å². The van der Waals surface area contributed by atoms with Crippen molar-refractivity contribution in [1.82, 2.24) is 14.4 Å². The molecule has 2 amide bonds. The van der Waals surface area contributed by atoms with Crippen LogP contribution in [0.1, 0.15) is 16.8 Å². The van der Waals surface area contributed by atoms with Gasteiger partial charge in [-0.3, -0.25) is 14.4 Å². The van der Waals surface area contributed by atoms with Gasteiger partial charge in [-0.2, -0.15) is 0 Å². The van der Waals surface area contributed by atoms with Gasteiger partial charge in [-0.05, 0) is 18.6 Å². The Morgan fingerprint density at radius 3 is 2.64 bits per heavy atom. The van der Waals surface area contributed by atoms with Crippen molar-refractivity contribution < 1.29 is 14.0 Å². The average Bonchev–Trinajstić information content (AvgIpc) is 3.24. The smallest absolute Gasteiger partial charge is 0.257 e. The third-order valence-electron chi connectivity index (χ3n) is 5.10. The monoisotopic (exact) mass is 341 g/mol. The molecule has 2 saturated heterocycles. The van der Waals surface area contributed by atoms with E-state index in [1.807, 2.05) is 4.90 Å². The van der Waals surface area contributed by atoms with E-state index in [1.165, 1.54) is 23.2 Å². The van der Waals surface area contributed by atoms with Crippen LogP contribution in [0.4, 0.5) is 0 Å². The maximum Gasteiger partial charge on any atom is 0.257 e. The zero-order valence-electron chi connectivity index (χ0n) is 13.8. The van der Waals surface area contributed by atoms with Crippen LogP contribution < -0.4 is 5.56 Å². The number of likely N-dealkylation sites (tertiary alicyclic amines) is 2. The number of furan rings is 1. The maximum atomic E-state index is 12.4. The predicted octanol–water partition coefficient (Wildman–Crippen LogP) is 0.816. The molecule has 0 saturated carbocycles. The lowest BCUT2D eigenvalue weighted by molar-refractivity contribution is -0.143. The Hall–Kier alpha value is -2.83. The predicted molar refractivity (Wildman–Crippen MR) is 88.9 cm³/mol. The number of carbonyl (C=O) groups excluding carboxylic acids is 2. The topological polar surface area (TPSA) is 75.8 Å². The van der Waals surface area contributed by atoms with E-state index in [0.717, 1.165) is 6.42 Å². The molecule has 2 aromatic heterocycles. The Kier molecular flexibility index (Phi) is 3.71. The van der Waals surface area contributed by atoms with E-state index < -0.39 is 0 Å². The summed E-state index contributed by atoms with van der Waals surface area (Å²) in [4.78, 5) is 40.0. The molecule has 1 spiro atoms. The van der Waals surface area contributed by atoms with E-state index in [9.17, 15) is 14.4 Å². The minimum Gasteiger partial charge on any atom is -0.472 e. The number of rotatable bonds is 3. The highest BCUT2D eigenvalue weighted by molar-refractivity contribution is 5.94. The summed E-state index contributed by atoms with van der Waals surface area (Å²) in [6.45, 7) is 2.70. The van der Waals surface area contributed by atoms with Gasteiger partial charge in [0.1, 0.15) is 12.8 Å². The number of carbonyl (C=O) groups is 2. The molecule has 0 radical (unpaired) electrons. The van der Waals surface area contributed by atoms with Crippen molar-refractivity contribution >= 4 is 11.8 Å². The number of hydrogen-bond donors (Lipinski definition) is 0. The summed E-state index contributed by atoms with van der Waals surface area (Å²) >= 11 is 0. The van der Waals surface area contributed by atoms with Gasteiger partial charge in [0.15, 0.2) is 0 Å². The largest absolute Gasteiger partial charge is 0.472 e. The lowest BCUT2D eigenvalue weighted by Gasteiger charge is -2.48. The Labute approximate surface area is 144 Å². The van der Waals surface area contributed by atoms with E-state index in [2.05, 4.69) is 0 Å². The molecule has 0 unspecified atom stereocenters. The molecule has 0 N–H and O–H groups in total. The molecule has 0 aliphatic carbocycles. The van der Waals surface area contributed by atoms with Crippen LogP contribution in [0.15, 0.2) is 52.2 Å². The molecule has 25 heavy (non-hydrogen) atoms. The van der Waals surface area contributed by atoms with Gasteiger partial charge in [-0.15, -0.1) is 0 Å². The van der Waals surface area contributed by atoms with Crippen molar-refractivity contribution in [1.29, 1.82) is 0 Å². The summed E-state index contributed by atoms with van der Waals surface area (Å²) in [5, 5.41) is 0. The summed E-state index contributed by atoms with van der Waals surface area (Å²) in [6, 6.07) is 6.51. The number of pyridine rings is 1.